The highest BCUT2D eigenvalue weighted by atomic mass is 35.5. The van der Waals surface area contributed by atoms with Crippen molar-refractivity contribution in [1.82, 2.24) is 0 Å². The number of carbonyl (C=O) groups is 1. The van der Waals surface area contributed by atoms with Gasteiger partial charge in [-0.05, 0) is 23.8 Å². The summed E-state index contributed by atoms with van der Waals surface area (Å²) >= 11 is 5.95. The average Bonchev–Trinajstić information content (AvgIpc) is 2.48. The van der Waals surface area contributed by atoms with Crippen LogP contribution in [0.25, 0.3) is 0 Å². The molecule has 4 nitrogen and oxygen atoms in total. The van der Waals surface area contributed by atoms with Crippen LogP contribution < -0.4 is 11.1 Å². The van der Waals surface area contributed by atoms with Gasteiger partial charge in [0, 0.05) is 5.02 Å². The monoisotopic (exact) mass is 290 g/mol. The number of rotatable bonds is 4. The van der Waals surface area contributed by atoms with E-state index in [9.17, 15) is 4.79 Å². The van der Waals surface area contributed by atoms with Gasteiger partial charge in [-0.15, -0.1) is 0 Å². The summed E-state index contributed by atoms with van der Waals surface area (Å²) in [6.07, 6.45) is 0. The molecule has 0 saturated carbocycles. The van der Waals surface area contributed by atoms with Crippen molar-refractivity contribution < 1.29 is 9.53 Å². The van der Waals surface area contributed by atoms with Gasteiger partial charge in [-0.2, -0.15) is 0 Å². The first-order chi connectivity index (χ1) is 9.61. The summed E-state index contributed by atoms with van der Waals surface area (Å²) in [7, 11) is 1.35. The largest absolute Gasteiger partial charge is 0.467 e. The van der Waals surface area contributed by atoms with Crippen molar-refractivity contribution in [3.05, 3.63) is 59.1 Å². The van der Waals surface area contributed by atoms with Crippen LogP contribution in [0.2, 0.25) is 5.02 Å². The molecule has 0 aliphatic heterocycles. The molecular weight excluding hydrogens is 276 g/mol. The molecule has 0 radical (unpaired) electrons. The normalized spacial score (nSPS) is 11.7. The number of hydrogen-bond acceptors (Lipinski definition) is 4. The number of anilines is 2. The number of carbonyl (C=O) groups excluding carboxylic acids is 1. The lowest BCUT2D eigenvalue weighted by molar-refractivity contribution is -0.141. The standard InChI is InChI=1S/C15H15ClN2O2/c1-20-15(19)14(10-5-3-2-4-6-10)18-13-9-11(16)7-8-12(13)17/h2-9,14,18H,17H2,1H3. The van der Waals surface area contributed by atoms with Crippen molar-refractivity contribution in [2.75, 3.05) is 18.2 Å². The fourth-order valence-electron chi connectivity index (χ4n) is 1.85. The van der Waals surface area contributed by atoms with Crippen LogP contribution in [-0.4, -0.2) is 13.1 Å². The molecule has 0 fully saturated rings. The third-order valence-corrected chi connectivity index (χ3v) is 3.12. The Kier molecular flexibility index (Phi) is 4.48. The van der Waals surface area contributed by atoms with E-state index in [0.29, 0.717) is 16.4 Å². The van der Waals surface area contributed by atoms with Gasteiger partial charge in [0.25, 0.3) is 0 Å². The fourth-order valence-corrected chi connectivity index (χ4v) is 2.02. The third-order valence-electron chi connectivity index (χ3n) is 2.88. The molecule has 3 N–H and O–H groups in total. The molecule has 2 rings (SSSR count). The average molecular weight is 291 g/mol. The number of ether oxygens (including phenoxy) is 1. The van der Waals surface area contributed by atoms with E-state index < -0.39 is 12.0 Å². The molecule has 0 bridgehead atoms. The summed E-state index contributed by atoms with van der Waals surface area (Å²) < 4.78 is 4.83. The van der Waals surface area contributed by atoms with Crippen LogP contribution in [-0.2, 0) is 9.53 Å². The maximum atomic E-state index is 12.0. The van der Waals surface area contributed by atoms with Gasteiger partial charge in [-0.1, -0.05) is 41.9 Å². The molecule has 0 aliphatic carbocycles. The Balaban J connectivity index is 2.34. The van der Waals surface area contributed by atoms with E-state index in [1.54, 1.807) is 18.2 Å². The van der Waals surface area contributed by atoms with Crippen molar-refractivity contribution in [3.8, 4) is 0 Å². The molecule has 2 aromatic rings. The SMILES string of the molecule is COC(=O)C(Nc1cc(Cl)ccc1N)c1ccccc1. The van der Waals surface area contributed by atoms with Gasteiger partial charge in [-0.3, -0.25) is 0 Å². The van der Waals surface area contributed by atoms with Crippen molar-refractivity contribution in [3.63, 3.8) is 0 Å². The molecule has 1 atom stereocenters. The van der Waals surface area contributed by atoms with Crippen LogP contribution in [0, 0.1) is 0 Å². The number of nitrogen functional groups attached to an aromatic ring is 1. The minimum atomic E-state index is -0.637. The van der Waals surface area contributed by atoms with E-state index in [0.717, 1.165) is 5.56 Å². The molecule has 1 unspecified atom stereocenters. The van der Waals surface area contributed by atoms with Crippen molar-refractivity contribution in [2.24, 2.45) is 0 Å². The van der Waals surface area contributed by atoms with Crippen LogP contribution in [0.5, 0.6) is 0 Å². The zero-order valence-electron chi connectivity index (χ0n) is 11.0. The molecule has 0 heterocycles. The van der Waals surface area contributed by atoms with Crippen LogP contribution in [0.15, 0.2) is 48.5 Å². The van der Waals surface area contributed by atoms with Crippen LogP contribution in [0.3, 0.4) is 0 Å². The number of nitrogens with one attached hydrogen (secondary N) is 1. The molecular formula is C15H15ClN2O2. The minimum Gasteiger partial charge on any atom is -0.467 e. The zero-order chi connectivity index (χ0) is 14.5. The van der Waals surface area contributed by atoms with Gasteiger partial charge in [0.15, 0.2) is 6.04 Å². The van der Waals surface area contributed by atoms with E-state index >= 15 is 0 Å². The highest BCUT2D eigenvalue weighted by molar-refractivity contribution is 6.31. The smallest absolute Gasteiger partial charge is 0.332 e. The van der Waals surface area contributed by atoms with E-state index in [-0.39, 0.29) is 0 Å². The van der Waals surface area contributed by atoms with Crippen molar-refractivity contribution in [2.45, 2.75) is 6.04 Å². The molecule has 0 aromatic heterocycles. The van der Waals surface area contributed by atoms with E-state index in [4.69, 9.17) is 22.1 Å². The lowest BCUT2D eigenvalue weighted by atomic mass is 10.1. The number of halogens is 1. The predicted molar refractivity (Wildman–Crippen MR) is 80.7 cm³/mol. The number of hydrogen-bond donors (Lipinski definition) is 2. The maximum absolute atomic E-state index is 12.0. The molecule has 5 heteroatoms. The number of benzene rings is 2. The topological polar surface area (TPSA) is 64.3 Å². The van der Waals surface area contributed by atoms with Crippen molar-refractivity contribution >= 4 is 28.9 Å². The van der Waals surface area contributed by atoms with Crippen LogP contribution in [0.1, 0.15) is 11.6 Å². The first-order valence-corrected chi connectivity index (χ1v) is 6.44. The Labute approximate surface area is 122 Å². The van der Waals surface area contributed by atoms with Gasteiger partial charge in [0.1, 0.15) is 0 Å². The Morgan fingerprint density at radius 1 is 1.25 bits per heavy atom. The summed E-state index contributed by atoms with van der Waals surface area (Å²) in [6, 6.07) is 13.7. The van der Waals surface area contributed by atoms with Gasteiger partial charge in [0.05, 0.1) is 18.5 Å². The van der Waals surface area contributed by atoms with Gasteiger partial charge >= 0.3 is 5.97 Å². The predicted octanol–water partition coefficient (Wildman–Crippen LogP) is 3.25. The Hall–Kier alpha value is -2.20. The number of esters is 1. The van der Waals surface area contributed by atoms with Gasteiger partial charge in [-0.25, -0.2) is 4.79 Å². The summed E-state index contributed by atoms with van der Waals surface area (Å²) in [4.78, 5) is 12.0. The quantitative estimate of drug-likeness (QED) is 0.670. The molecule has 0 saturated heterocycles. The van der Waals surface area contributed by atoms with Crippen LogP contribution in [0.4, 0.5) is 11.4 Å². The number of methoxy groups -OCH3 is 1. The second kappa shape index (κ2) is 6.30. The minimum absolute atomic E-state index is 0.393. The molecule has 0 amide bonds. The summed E-state index contributed by atoms with van der Waals surface area (Å²) in [6.45, 7) is 0. The lowest BCUT2D eigenvalue weighted by Crippen LogP contribution is -2.22. The van der Waals surface area contributed by atoms with Gasteiger partial charge in [0.2, 0.25) is 0 Å². The highest BCUT2D eigenvalue weighted by Gasteiger charge is 2.21. The second-order valence-corrected chi connectivity index (χ2v) is 4.68. The molecule has 20 heavy (non-hydrogen) atoms. The summed E-state index contributed by atoms with van der Waals surface area (Å²) in [5.41, 5.74) is 7.78. The third kappa shape index (κ3) is 3.22. The van der Waals surface area contributed by atoms with E-state index in [2.05, 4.69) is 5.32 Å². The Morgan fingerprint density at radius 2 is 1.95 bits per heavy atom. The Morgan fingerprint density at radius 3 is 2.60 bits per heavy atom. The van der Waals surface area contributed by atoms with E-state index in [1.165, 1.54) is 7.11 Å². The first kappa shape index (κ1) is 14.2. The first-order valence-electron chi connectivity index (χ1n) is 6.06. The highest BCUT2D eigenvalue weighted by Crippen LogP contribution is 2.28. The van der Waals surface area contributed by atoms with Gasteiger partial charge < -0.3 is 15.8 Å². The van der Waals surface area contributed by atoms with Crippen LogP contribution >= 0.6 is 11.6 Å². The Bertz CT molecular complexity index is 602. The molecule has 0 aliphatic rings. The zero-order valence-corrected chi connectivity index (χ0v) is 11.7. The number of nitrogens with two attached hydrogens (primary N) is 1. The maximum Gasteiger partial charge on any atom is 0.332 e. The molecule has 0 spiro atoms. The molecule has 104 valence electrons. The lowest BCUT2D eigenvalue weighted by Gasteiger charge is -2.19. The fraction of sp³-hybridized carbons (Fsp3) is 0.133. The van der Waals surface area contributed by atoms with Crippen molar-refractivity contribution in [1.29, 1.82) is 0 Å². The van der Waals surface area contributed by atoms with E-state index in [1.807, 2.05) is 30.3 Å². The summed E-state index contributed by atoms with van der Waals surface area (Å²) in [5.74, 6) is -0.393. The summed E-state index contributed by atoms with van der Waals surface area (Å²) in [5, 5.41) is 3.61. The molecule has 2 aromatic carbocycles. The second-order valence-electron chi connectivity index (χ2n) is 4.24.